The molecule has 1 rings (SSSR count). The number of carboxylic acids is 1. The number of aromatic hydroxyl groups is 1. The highest BCUT2D eigenvalue weighted by atomic mass is 16.4. The second-order valence-electron chi connectivity index (χ2n) is 3.29. The van der Waals surface area contributed by atoms with Crippen molar-refractivity contribution in [3.63, 3.8) is 0 Å². The van der Waals surface area contributed by atoms with Gasteiger partial charge in [0.1, 0.15) is 11.8 Å². The predicted octanol–water partition coefficient (Wildman–Crippen LogP) is -0.484. The Morgan fingerprint density at radius 3 is 2.69 bits per heavy atom. The Hall–Kier alpha value is -1.63. The lowest BCUT2D eigenvalue weighted by molar-refractivity contribution is -0.138. The van der Waals surface area contributed by atoms with E-state index in [1.807, 2.05) is 0 Å². The third-order valence-electron chi connectivity index (χ3n) is 2.16. The van der Waals surface area contributed by atoms with Crippen LogP contribution < -0.4 is 11.1 Å². The van der Waals surface area contributed by atoms with E-state index in [4.69, 9.17) is 15.9 Å². The van der Waals surface area contributed by atoms with Gasteiger partial charge in [-0.1, -0.05) is 12.1 Å². The molecule has 0 aliphatic heterocycles. The van der Waals surface area contributed by atoms with Gasteiger partial charge in [-0.15, -0.1) is 0 Å². The van der Waals surface area contributed by atoms with Crippen molar-refractivity contribution in [1.82, 2.24) is 5.32 Å². The summed E-state index contributed by atoms with van der Waals surface area (Å²) in [4.78, 5) is 10.6. The minimum atomic E-state index is -1.15. The summed E-state index contributed by atoms with van der Waals surface area (Å²) in [5.74, 6) is -1.20. The van der Waals surface area contributed by atoms with Crippen LogP contribution in [0.2, 0.25) is 0 Å². The zero-order valence-electron chi connectivity index (χ0n) is 8.55. The van der Waals surface area contributed by atoms with Gasteiger partial charge in [0.25, 0.3) is 0 Å². The van der Waals surface area contributed by atoms with Crippen molar-refractivity contribution in [2.24, 2.45) is 5.73 Å². The van der Waals surface area contributed by atoms with Crippen molar-refractivity contribution in [2.75, 3.05) is 6.73 Å². The molecule has 16 heavy (non-hydrogen) atoms. The lowest BCUT2D eigenvalue weighted by Gasteiger charge is -2.10. The number of hydrogen-bond donors (Lipinski definition) is 5. The zero-order chi connectivity index (χ0) is 12.1. The summed E-state index contributed by atoms with van der Waals surface area (Å²) in [7, 11) is 0. The quantitative estimate of drug-likeness (QED) is 0.433. The van der Waals surface area contributed by atoms with E-state index in [0.29, 0.717) is 17.7 Å². The third-order valence-corrected chi connectivity index (χ3v) is 2.16. The molecule has 0 spiro atoms. The molecule has 1 atom stereocenters. The number of phenols is 1. The average Bonchev–Trinajstić information content (AvgIpc) is 2.26. The predicted molar refractivity (Wildman–Crippen MR) is 56.6 cm³/mol. The molecule has 6 nitrogen and oxygen atoms in total. The Morgan fingerprint density at radius 1 is 1.50 bits per heavy atom. The van der Waals surface area contributed by atoms with E-state index >= 15 is 0 Å². The van der Waals surface area contributed by atoms with Crippen LogP contribution in [0.1, 0.15) is 17.2 Å². The zero-order valence-corrected chi connectivity index (χ0v) is 8.55. The first kappa shape index (κ1) is 12.4. The number of hydrogen-bond acceptors (Lipinski definition) is 5. The standard InChI is InChI=1S/C10H14N2O4/c11-9(10(15)16)6-1-2-7(4-12-5-13)8(14)3-6/h1-3,9,12-14H,4-5,11H2,(H,15,16)/t9-/m1/s1. The van der Waals surface area contributed by atoms with E-state index in [2.05, 4.69) is 5.32 Å². The molecule has 0 fully saturated rings. The molecule has 1 aromatic rings. The van der Waals surface area contributed by atoms with Gasteiger partial charge in [0.15, 0.2) is 0 Å². The summed E-state index contributed by atoms with van der Waals surface area (Å²) in [6.45, 7) is 0.0980. The van der Waals surface area contributed by atoms with E-state index in [0.717, 1.165) is 0 Å². The van der Waals surface area contributed by atoms with Gasteiger partial charge in [-0.25, -0.2) is 0 Å². The van der Waals surface area contributed by atoms with Crippen LogP contribution in [-0.2, 0) is 11.3 Å². The summed E-state index contributed by atoms with van der Waals surface area (Å²) in [6, 6.07) is 3.27. The molecule has 0 radical (unpaired) electrons. The summed E-state index contributed by atoms with van der Waals surface area (Å²) >= 11 is 0. The van der Waals surface area contributed by atoms with Gasteiger partial charge in [-0.3, -0.25) is 10.1 Å². The fraction of sp³-hybridized carbons (Fsp3) is 0.300. The first-order valence-corrected chi connectivity index (χ1v) is 4.68. The second kappa shape index (κ2) is 5.45. The lowest BCUT2D eigenvalue weighted by Crippen LogP contribution is -2.20. The Kier molecular flexibility index (Phi) is 4.24. The molecule has 1 aromatic carbocycles. The minimum absolute atomic E-state index is 0.0462. The van der Waals surface area contributed by atoms with Gasteiger partial charge in [0.05, 0.1) is 6.73 Å². The minimum Gasteiger partial charge on any atom is -0.508 e. The molecule has 0 aliphatic rings. The number of aliphatic hydroxyl groups excluding tert-OH is 1. The van der Waals surface area contributed by atoms with Crippen molar-refractivity contribution >= 4 is 5.97 Å². The Morgan fingerprint density at radius 2 is 2.19 bits per heavy atom. The van der Waals surface area contributed by atoms with Gasteiger partial charge in [0.2, 0.25) is 0 Å². The largest absolute Gasteiger partial charge is 0.508 e. The number of phenolic OH excluding ortho intramolecular Hbond substituents is 1. The summed E-state index contributed by atoms with van der Waals surface area (Å²) in [5, 5.41) is 29.4. The molecular formula is C10H14N2O4. The molecular weight excluding hydrogens is 212 g/mol. The van der Waals surface area contributed by atoms with Crippen LogP contribution in [0.3, 0.4) is 0 Å². The molecule has 6 N–H and O–H groups in total. The monoisotopic (exact) mass is 226 g/mol. The van der Waals surface area contributed by atoms with Crippen molar-refractivity contribution in [1.29, 1.82) is 0 Å². The van der Waals surface area contributed by atoms with Crippen LogP contribution in [-0.4, -0.2) is 28.0 Å². The van der Waals surface area contributed by atoms with E-state index in [9.17, 15) is 9.90 Å². The smallest absolute Gasteiger partial charge is 0.325 e. The van der Waals surface area contributed by atoms with Gasteiger partial charge < -0.3 is 21.1 Å². The number of aliphatic hydroxyl groups is 1. The maximum atomic E-state index is 10.6. The second-order valence-corrected chi connectivity index (χ2v) is 3.29. The average molecular weight is 226 g/mol. The SMILES string of the molecule is N[C@@H](C(=O)O)c1ccc(CNCO)c(O)c1. The van der Waals surface area contributed by atoms with Crippen LogP contribution in [0.4, 0.5) is 0 Å². The number of nitrogens with two attached hydrogens (primary N) is 1. The normalized spacial score (nSPS) is 12.4. The van der Waals surface area contributed by atoms with Gasteiger partial charge in [0, 0.05) is 12.1 Å². The molecule has 0 unspecified atom stereocenters. The Balaban J connectivity index is 2.86. The topological polar surface area (TPSA) is 116 Å². The number of aliphatic carboxylic acids is 1. The first-order valence-electron chi connectivity index (χ1n) is 4.68. The highest BCUT2D eigenvalue weighted by Crippen LogP contribution is 2.22. The van der Waals surface area contributed by atoms with Gasteiger partial charge >= 0.3 is 5.97 Å². The van der Waals surface area contributed by atoms with Crippen LogP contribution in [0.25, 0.3) is 0 Å². The maximum absolute atomic E-state index is 10.6. The Labute approximate surface area is 92.3 Å². The summed E-state index contributed by atoms with van der Waals surface area (Å²) in [6.07, 6.45) is 0. The number of benzene rings is 1. The fourth-order valence-corrected chi connectivity index (χ4v) is 1.26. The van der Waals surface area contributed by atoms with Gasteiger partial charge in [-0.05, 0) is 11.6 Å². The molecule has 0 aromatic heterocycles. The van der Waals surface area contributed by atoms with Gasteiger partial charge in [-0.2, -0.15) is 0 Å². The lowest BCUT2D eigenvalue weighted by atomic mass is 10.0. The first-order chi connectivity index (χ1) is 7.56. The number of carbonyl (C=O) groups is 1. The van der Waals surface area contributed by atoms with Crippen LogP contribution in [0.5, 0.6) is 5.75 Å². The van der Waals surface area contributed by atoms with E-state index in [-0.39, 0.29) is 12.5 Å². The van der Waals surface area contributed by atoms with Crippen molar-refractivity contribution in [3.05, 3.63) is 29.3 Å². The van der Waals surface area contributed by atoms with E-state index in [1.54, 1.807) is 6.07 Å². The fourth-order valence-electron chi connectivity index (χ4n) is 1.26. The van der Waals surface area contributed by atoms with Crippen molar-refractivity contribution in [3.8, 4) is 5.75 Å². The molecule has 88 valence electrons. The third kappa shape index (κ3) is 2.93. The van der Waals surface area contributed by atoms with Crippen molar-refractivity contribution < 1.29 is 20.1 Å². The highest BCUT2D eigenvalue weighted by Gasteiger charge is 2.15. The summed E-state index contributed by atoms with van der Waals surface area (Å²) < 4.78 is 0. The number of carboxylic acid groups (broad SMARTS) is 1. The van der Waals surface area contributed by atoms with E-state index < -0.39 is 12.0 Å². The molecule has 0 bridgehead atoms. The Bertz CT molecular complexity index is 381. The van der Waals surface area contributed by atoms with E-state index in [1.165, 1.54) is 12.1 Å². The van der Waals surface area contributed by atoms with Crippen LogP contribution in [0, 0.1) is 0 Å². The molecule has 0 saturated heterocycles. The molecule has 0 amide bonds. The molecule has 0 aliphatic carbocycles. The molecule has 0 heterocycles. The van der Waals surface area contributed by atoms with Crippen LogP contribution >= 0.6 is 0 Å². The van der Waals surface area contributed by atoms with Crippen molar-refractivity contribution in [2.45, 2.75) is 12.6 Å². The van der Waals surface area contributed by atoms with Crippen LogP contribution in [0.15, 0.2) is 18.2 Å². The molecule has 0 saturated carbocycles. The number of nitrogens with one attached hydrogen (secondary N) is 1. The molecule has 6 heteroatoms. The summed E-state index contributed by atoms with van der Waals surface area (Å²) in [5.41, 5.74) is 6.29. The number of rotatable bonds is 5. The maximum Gasteiger partial charge on any atom is 0.325 e. The highest BCUT2D eigenvalue weighted by molar-refractivity contribution is 5.75.